The van der Waals surface area contributed by atoms with E-state index in [0.717, 1.165) is 64.2 Å². The number of Topliss-reactive ketones (excluding diaryl/α,β-unsaturated/α-hetero) is 4. The summed E-state index contributed by atoms with van der Waals surface area (Å²) in [6.45, 7) is 3.51. The molecule has 1 aliphatic carbocycles. The van der Waals surface area contributed by atoms with Crippen molar-refractivity contribution >= 4 is 58.8 Å². The van der Waals surface area contributed by atoms with Gasteiger partial charge in [0.05, 0.1) is 44.9 Å². The van der Waals surface area contributed by atoms with Crippen molar-refractivity contribution in [2.24, 2.45) is 17.8 Å². The van der Waals surface area contributed by atoms with Crippen LogP contribution >= 0.6 is 0 Å². The van der Waals surface area contributed by atoms with E-state index in [4.69, 9.17) is 24.1 Å². The Labute approximate surface area is 470 Å². The van der Waals surface area contributed by atoms with Crippen molar-refractivity contribution in [2.45, 2.75) is 231 Å². The number of aliphatic carboxylic acids is 3. The average molecular weight is 1120 g/mol. The second kappa shape index (κ2) is 49.2. The minimum absolute atomic E-state index is 0.00450. The first-order valence-corrected chi connectivity index (χ1v) is 30.0. The predicted octanol–water partition coefficient (Wildman–Crippen LogP) is 8.45. The smallest absolute Gasteiger partial charge is 0.306 e. The van der Waals surface area contributed by atoms with Gasteiger partial charge >= 0.3 is 17.9 Å². The molecule has 0 saturated heterocycles. The van der Waals surface area contributed by atoms with Crippen LogP contribution in [0.15, 0.2) is 0 Å². The van der Waals surface area contributed by atoms with Crippen molar-refractivity contribution in [1.82, 2.24) is 16.0 Å². The van der Waals surface area contributed by atoms with Crippen LogP contribution in [-0.2, 0) is 66.9 Å². The molecule has 454 valence electrons. The number of rotatable bonds is 56. The number of nitrogens with one attached hydrogen (secondary N) is 3. The minimum atomic E-state index is -1.20. The number of hydrogen-bond donors (Lipinski definition) is 6. The highest BCUT2D eigenvalue weighted by Gasteiger charge is 2.31. The highest BCUT2D eigenvalue weighted by molar-refractivity contribution is 5.90. The minimum Gasteiger partial charge on any atom is -0.481 e. The Morgan fingerprint density at radius 2 is 0.962 bits per heavy atom. The van der Waals surface area contributed by atoms with E-state index < -0.39 is 41.6 Å². The van der Waals surface area contributed by atoms with Crippen molar-refractivity contribution in [3.63, 3.8) is 0 Å². The van der Waals surface area contributed by atoms with Crippen molar-refractivity contribution in [3.8, 4) is 0 Å². The molecule has 2 unspecified atom stereocenters. The van der Waals surface area contributed by atoms with E-state index in [-0.39, 0.29) is 152 Å². The molecule has 1 aliphatic rings. The normalized spacial score (nSPS) is 14.9. The number of amides is 3. The van der Waals surface area contributed by atoms with Gasteiger partial charge in [0, 0.05) is 77.0 Å². The highest BCUT2D eigenvalue weighted by Crippen LogP contribution is 2.31. The molecule has 0 radical (unpaired) electrons. The highest BCUT2D eigenvalue weighted by atomic mass is 16.5. The predicted molar refractivity (Wildman–Crippen MR) is 297 cm³/mol. The van der Waals surface area contributed by atoms with E-state index in [1.807, 2.05) is 6.92 Å². The molecule has 2 atom stereocenters. The Balaban J connectivity index is 2.18. The molecule has 0 bridgehead atoms. The summed E-state index contributed by atoms with van der Waals surface area (Å²) >= 11 is 0. The van der Waals surface area contributed by atoms with Crippen LogP contribution in [0.5, 0.6) is 0 Å². The largest absolute Gasteiger partial charge is 0.481 e. The lowest BCUT2D eigenvalue weighted by Crippen LogP contribution is -2.41. The van der Waals surface area contributed by atoms with Crippen LogP contribution < -0.4 is 16.0 Å². The Hall–Kier alpha value is -4.66. The van der Waals surface area contributed by atoms with Crippen molar-refractivity contribution < 1.29 is 82.2 Å². The van der Waals surface area contributed by atoms with Gasteiger partial charge in [-0.1, -0.05) is 103 Å². The molecule has 6 N–H and O–H groups in total. The number of hydrogen-bond acceptors (Lipinski definition) is 14. The molecule has 0 spiro atoms. The molecule has 0 heterocycles. The van der Waals surface area contributed by atoms with Crippen molar-refractivity contribution in [3.05, 3.63) is 0 Å². The second-order valence-corrected chi connectivity index (χ2v) is 21.3. The maximum atomic E-state index is 13.2. The standard InChI is InChI=1S/C59H101N3O17/c1-2-3-22-49(63)43-61-56(69)45-79-40-38-76-35-20-23-50(64)44-78-39-37-77-36-21-24-52(65)51(32-34-58(72)73)62-55(68)33-31-48(59(74)75)41-53(66)47-29-27-46(28-30-47)42-60-54(67)25-18-16-14-12-10-8-6-4-5-7-9-11-13-15-17-19-26-57(70)71/h46-48,51H,2-45H2,1H3,(H,60,67)(H,61,69)(H,62,68)(H,70,71)(H,72,73)(H,74,75). The van der Waals surface area contributed by atoms with Crippen molar-refractivity contribution in [1.29, 1.82) is 0 Å². The zero-order valence-corrected chi connectivity index (χ0v) is 48.0. The molecule has 3 amide bonds. The fourth-order valence-corrected chi connectivity index (χ4v) is 9.41. The van der Waals surface area contributed by atoms with E-state index >= 15 is 0 Å². The first-order chi connectivity index (χ1) is 38.1. The third-order valence-electron chi connectivity index (χ3n) is 14.3. The molecule has 79 heavy (non-hydrogen) atoms. The molecule has 0 aliphatic heterocycles. The van der Waals surface area contributed by atoms with E-state index in [0.29, 0.717) is 45.3 Å². The third-order valence-corrected chi connectivity index (χ3v) is 14.3. The number of ketones is 4. The van der Waals surface area contributed by atoms with Crippen LogP contribution in [-0.4, -0.2) is 146 Å². The fourth-order valence-electron chi connectivity index (χ4n) is 9.41. The summed E-state index contributed by atoms with van der Waals surface area (Å²) in [4.78, 5) is 121. The molecule has 0 aromatic heterocycles. The van der Waals surface area contributed by atoms with Gasteiger partial charge in [-0.05, 0) is 76.5 Å². The summed E-state index contributed by atoms with van der Waals surface area (Å²) < 4.78 is 21.5. The van der Waals surface area contributed by atoms with Gasteiger partial charge in [0.25, 0.3) is 0 Å². The van der Waals surface area contributed by atoms with E-state index in [1.165, 1.54) is 64.2 Å². The van der Waals surface area contributed by atoms with Crippen LogP contribution in [0.4, 0.5) is 0 Å². The molecule has 1 fully saturated rings. The zero-order chi connectivity index (χ0) is 58.1. The Morgan fingerprint density at radius 1 is 0.456 bits per heavy atom. The van der Waals surface area contributed by atoms with Crippen LogP contribution in [0.25, 0.3) is 0 Å². The lowest BCUT2D eigenvalue weighted by atomic mass is 9.78. The zero-order valence-electron chi connectivity index (χ0n) is 48.0. The first kappa shape index (κ1) is 72.4. The number of carboxylic acid groups (broad SMARTS) is 3. The van der Waals surface area contributed by atoms with Crippen LogP contribution in [0.1, 0.15) is 225 Å². The molecular weight excluding hydrogens is 1020 g/mol. The Morgan fingerprint density at radius 3 is 1.51 bits per heavy atom. The Bertz CT molecular complexity index is 1740. The average Bonchev–Trinajstić information content (AvgIpc) is 3.42. The van der Waals surface area contributed by atoms with E-state index in [2.05, 4.69) is 16.0 Å². The summed E-state index contributed by atoms with van der Waals surface area (Å²) in [5.41, 5.74) is 0. The lowest BCUT2D eigenvalue weighted by Gasteiger charge is -2.28. The first-order valence-electron chi connectivity index (χ1n) is 30.0. The van der Waals surface area contributed by atoms with Crippen LogP contribution in [0, 0.1) is 17.8 Å². The molecule has 0 aromatic rings. The SMILES string of the molecule is CCCCC(=O)CNC(=O)COCCOCCCC(=O)COCCOCCCC(=O)C(CCC(=O)O)NC(=O)CCC(CC(=O)C1CCC(CNC(=O)CCCCCCCCCCCCCCCCCCC(=O)O)CC1)C(=O)O. The number of unbranched alkanes of at least 4 members (excludes halogenated alkanes) is 16. The summed E-state index contributed by atoms with van der Waals surface area (Å²) in [6.07, 6.45) is 24.0. The van der Waals surface area contributed by atoms with Gasteiger partial charge in [-0.2, -0.15) is 0 Å². The van der Waals surface area contributed by atoms with Gasteiger partial charge in [-0.25, -0.2) is 0 Å². The van der Waals surface area contributed by atoms with Gasteiger partial charge in [-0.3, -0.25) is 47.9 Å². The fraction of sp³-hybridized carbons (Fsp3) is 0.831. The third kappa shape index (κ3) is 43.8. The summed E-state index contributed by atoms with van der Waals surface area (Å²) in [5.74, 6) is -5.81. The quantitative estimate of drug-likeness (QED) is 0.0311. The molecule has 1 rings (SSSR count). The monoisotopic (exact) mass is 1120 g/mol. The maximum Gasteiger partial charge on any atom is 0.306 e. The number of carbonyl (C=O) groups is 10. The van der Waals surface area contributed by atoms with E-state index in [9.17, 15) is 58.2 Å². The topological polar surface area (TPSA) is 304 Å². The maximum absolute atomic E-state index is 13.2. The molecule has 0 aromatic carbocycles. The second-order valence-electron chi connectivity index (χ2n) is 21.3. The van der Waals surface area contributed by atoms with Gasteiger partial charge in [-0.15, -0.1) is 0 Å². The van der Waals surface area contributed by atoms with Gasteiger partial charge in [0.15, 0.2) is 17.3 Å². The number of ether oxygens (including phenoxy) is 4. The van der Waals surface area contributed by atoms with Gasteiger partial charge in [0.1, 0.15) is 19.0 Å². The summed E-state index contributed by atoms with van der Waals surface area (Å²) in [7, 11) is 0. The summed E-state index contributed by atoms with van der Waals surface area (Å²) in [5, 5.41) is 36.0. The van der Waals surface area contributed by atoms with Gasteiger partial charge in [0.2, 0.25) is 17.7 Å². The molecule has 20 nitrogen and oxygen atoms in total. The Kier molecular flexibility index (Phi) is 45.0. The lowest BCUT2D eigenvalue weighted by molar-refractivity contribution is -0.145. The molecule has 1 saturated carbocycles. The number of carbonyl (C=O) groups excluding carboxylic acids is 7. The number of carboxylic acids is 3. The van der Waals surface area contributed by atoms with E-state index in [1.54, 1.807) is 0 Å². The van der Waals surface area contributed by atoms with Crippen LogP contribution in [0.3, 0.4) is 0 Å². The molecule has 20 heteroatoms. The van der Waals surface area contributed by atoms with Gasteiger partial charge < -0.3 is 50.2 Å². The summed E-state index contributed by atoms with van der Waals surface area (Å²) in [6, 6.07) is -1.09. The molecular formula is C59H101N3O17. The van der Waals surface area contributed by atoms with Crippen LogP contribution in [0.2, 0.25) is 0 Å². The van der Waals surface area contributed by atoms with Crippen molar-refractivity contribution in [2.75, 3.05) is 65.9 Å².